The number of rotatable bonds is 7. The second-order valence-corrected chi connectivity index (χ2v) is 10.9. The van der Waals surface area contributed by atoms with E-state index in [0.717, 1.165) is 17.5 Å². The van der Waals surface area contributed by atoms with Gasteiger partial charge in [0, 0.05) is 17.6 Å². The lowest BCUT2D eigenvalue weighted by Gasteiger charge is -2.41. The van der Waals surface area contributed by atoms with Crippen LogP contribution < -0.4 is 14.8 Å². The number of hydrogen-bond donors (Lipinski definition) is 1. The summed E-state index contributed by atoms with van der Waals surface area (Å²) in [5.74, 6) is 1.88. The first kappa shape index (κ1) is 27.1. The second kappa shape index (κ2) is 11.3. The van der Waals surface area contributed by atoms with Crippen LogP contribution in [0.25, 0.3) is 0 Å². The Hall–Kier alpha value is -4.52. The van der Waals surface area contributed by atoms with Crippen molar-refractivity contribution in [1.29, 1.82) is 0 Å². The predicted octanol–water partition coefficient (Wildman–Crippen LogP) is 6.64. The van der Waals surface area contributed by atoms with Gasteiger partial charge < -0.3 is 24.1 Å². The summed E-state index contributed by atoms with van der Waals surface area (Å²) in [6.45, 7) is 6.70. The minimum atomic E-state index is -0.491. The summed E-state index contributed by atoms with van der Waals surface area (Å²) < 4.78 is 17.0. The Morgan fingerprint density at radius 3 is 2.38 bits per heavy atom. The molecule has 206 valence electrons. The SMILES string of the molecule is COc1ccc(NC(=O)c2ccc(COc3ccc4c(c3)C(c3ccccc3)N(C(=O)C(C)(C)C)CC4)o2)cc1. The van der Waals surface area contributed by atoms with Crippen molar-refractivity contribution in [1.82, 2.24) is 4.90 Å². The maximum atomic E-state index is 13.5. The van der Waals surface area contributed by atoms with Crippen LogP contribution in [0.5, 0.6) is 11.5 Å². The number of hydrogen-bond acceptors (Lipinski definition) is 5. The molecular formula is C33H34N2O5. The molecule has 1 aromatic heterocycles. The number of benzene rings is 3. The van der Waals surface area contributed by atoms with E-state index in [1.54, 1.807) is 43.5 Å². The number of furan rings is 1. The molecule has 0 saturated heterocycles. The smallest absolute Gasteiger partial charge is 0.291 e. The Morgan fingerprint density at radius 2 is 1.68 bits per heavy atom. The molecule has 7 heteroatoms. The van der Waals surface area contributed by atoms with Gasteiger partial charge in [0.15, 0.2) is 5.76 Å². The van der Waals surface area contributed by atoms with Crippen molar-refractivity contribution < 1.29 is 23.5 Å². The molecule has 4 aromatic rings. The lowest BCUT2D eigenvalue weighted by molar-refractivity contribution is -0.141. The molecule has 0 saturated carbocycles. The number of ether oxygens (including phenoxy) is 2. The molecule has 1 aliphatic rings. The third kappa shape index (κ3) is 5.88. The molecule has 0 aliphatic carbocycles. The van der Waals surface area contributed by atoms with E-state index in [2.05, 4.69) is 23.5 Å². The summed E-state index contributed by atoms with van der Waals surface area (Å²) in [6.07, 6.45) is 0.783. The molecular weight excluding hydrogens is 504 g/mol. The first-order valence-electron chi connectivity index (χ1n) is 13.4. The highest BCUT2D eigenvalue weighted by molar-refractivity contribution is 6.02. The highest BCUT2D eigenvalue weighted by Crippen LogP contribution is 2.39. The van der Waals surface area contributed by atoms with Crippen LogP contribution in [0.3, 0.4) is 0 Å². The molecule has 0 radical (unpaired) electrons. The summed E-state index contributed by atoms with van der Waals surface area (Å²) in [5.41, 5.74) is 3.48. The molecule has 1 unspecified atom stereocenters. The lowest BCUT2D eigenvalue weighted by atomic mass is 9.85. The van der Waals surface area contributed by atoms with Crippen molar-refractivity contribution in [3.63, 3.8) is 0 Å². The highest BCUT2D eigenvalue weighted by atomic mass is 16.5. The van der Waals surface area contributed by atoms with Crippen LogP contribution in [-0.4, -0.2) is 30.4 Å². The first-order valence-corrected chi connectivity index (χ1v) is 13.4. The number of amides is 2. The molecule has 0 fully saturated rings. The van der Waals surface area contributed by atoms with Crippen molar-refractivity contribution in [2.45, 2.75) is 39.8 Å². The van der Waals surface area contributed by atoms with Crippen molar-refractivity contribution in [2.24, 2.45) is 5.41 Å². The summed E-state index contributed by atoms with van der Waals surface area (Å²) in [5, 5.41) is 2.81. The summed E-state index contributed by atoms with van der Waals surface area (Å²) in [6, 6.07) is 26.4. The first-order chi connectivity index (χ1) is 19.2. The Kier molecular flexibility index (Phi) is 7.65. The number of anilines is 1. The fraction of sp³-hybridized carbons (Fsp3) is 0.273. The molecule has 1 atom stereocenters. The van der Waals surface area contributed by atoms with Crippen LogP contribution in [0.4, 0.5) is 5.69 Å². The minimum absolute atomic E-state index is 0.120. The minimum Gasteiger partial charge on any atom is -0.497 e. The van der Waals surface area contributed by atoms with Gasteiger partial charge in [0.1, 0.15) is 23.9 Å². The zero-order valence-corrected chi connectivity index (χ0v) is 23.3. The van der Waals surface area contributed by atoms with Gasteiger partial charge >= 0.3 is 0 Å². The fourth-order valence-corrected chi connectivity index (χ4v) is 4.93. The van der Waals surface area contributed by atoms with E-state index in [4.69, 9.17) is 13.9 Å². The molecule has 40 heavy (non-hydrogen) atoms. The van der Waals surface area contributed by atoms with Crippen LogP contribution in [0.1, 0.15) is 59.8 Å². The van der Waals surface area contributed by atoms with Gasteiger partial charge in [0.2, 0.25) is 5.91 Å². The largest absolute Gasteiger partial charge is 0.497 e. The van der Waals surface area contributed by atoms with Crippen LogP contribution in [0.15, 0.2) is 89.3 Å². The lowest BCUT2D eigenvalue weighted by Crippen LogP contribution is -2.45. The molecule has 5 rings (SSSR count). The van der Waals surface area contributed by atoms with Crippen molar-refractivity contribution >= 4 is 17.5 Å². The number of fused-ring (bicyclic) bond motifs is 1. The summed E-state index contributed by atoms with van der Waals surface area (Å²) in [4.78, 5) is 28.1. The molecule has 1 N–H and O–H groups in total. The molecule has 2 heterocycles. The van der Waals surface area contributed by atoms with Crippen molar-refractivity contribution in [3.05, 3.63) is 113 Å². The quantitative estimate of drug-likeness (QED) is 0.285. The van der Waals surface area contributed by atoms with Crippen molar-refractivity contribution in [3.8, 4) is 11.5 Å². The van der Waals surface area contributed by atoms with Gasteiger partial charge in [-0.1, -0.05) is 57.2 Å². The standard InChI is InChI=1S/C33H34N2O5/c1-33(2,3)32(37)35-19-18-22-10-13-26(20-28(22)30(35)23-8-6-5-7-9-23)39-21-27-16-17-29(40-27)31(36)34-24-11-14-25(38-4)15-12-24/h5-17,20,30H,18-19,21H2,1-4H3,(H,34,36). The van der Waals surface area contributed by atoms with E-state index in [1.807, 2.05) is 56.0 Å². The van der Waals surface area contributed by atoms with E-state index in [1.165, 1.54) is 5.56 Å². The van der Waals surface area contributed by atoms with E-state index >= 15 is 0 Å². The van der Waals surface area contributed by atoms with E-state index < -0.39 is 5.41 Å². The van der Waals surface area contributed by atoms with Gasteiger partial charge in [0.05, 0.1) is 13.2 Å². The Morgan fingerprint density at radius 1 is 0.950 bits per heavy atom. The molecule has 1 aliphatic heterocycles. The number of carbonyl (C=O) groups is 2. The predicted molar refractivity (Wildman–Crippen MR) is 154 cm³/mol. The van der Waals surface area contributed by atoms with Crippen LogP contribution >= 0.6 is 0 Å². The zero-order chi connectivity index (χ0) is 28.3. The number of carbonyl (C=O) groups excluding carboxylic acids is 2. The third-order valence-electron chi connectivity index (χ3n) is 6.98. The van der Waals surface area contributed by atoms with Crippen LogP contribution in [-0.2, 0) is 17.8 Å². The Balaban J connectivity index is 1.32. The fourth-order valence-electron chi connectivity index (χ4n) is 4.93. The number of methoxy groups -OCH3 is 1. The summed E-state index contributed by atoms with van der Waals surface area (Å²) >= 11 is 0. The van der Waals surface area contributed by atoms with Crippen LogP contribution in [0.2, 0.25) is 0 Å². The van der Waals surface area contributed by atoms with Gasteiger partial charge in [-0.25, -0.2) is 0 Å². The molecule has 3 aromatic carbocycles. The van der Waals surface area contributed by atoms with E-state index in [-0.39, 0.29) is 30.2 Å². The zero-order valence-electron chi connectivity index (χ0n) is 23.3. The molecule has 2 amide bonds. The normalized spacial score (nSPS) is 14.8. The highest BCUT2D eigenvalue weighted by Gasteiger charge is 2.37. The maximum absolute atomic E-state index is 13.5. The van der Waals surface area contributed by atoms with Crippen LogP contribution in [0, 0.1) is 5.41 Å². The number of nitrogens with zero attached hydrogens (tertiary/aromatic N) is 1. The third-order valence-corrected chi connectivity index (χ3v) is 6.98. The molecule has 0 bridgehead atoms. The van der Waals surface area contributed by atoms with Gasteiger partial charge in [-0.2, -0.15) is 0 Å². The topological polar surface area (TPSA) is 81.0 Å². The van der Waals surface area contributed by atoms with E-state index in [0.29, 0.717) is 29.5 Å². The molecule has 0 spiro atoms. The van der Waals surface area contributed by atoms with Gasteiger partial charge in [-0.05, 0) is 71.6 Å². The summed E-state index contributed by atoms with van der Waals surface area (Å²) in [7, 11) is 1.59. The monoisotopic (exact) mass is 538 g/mol. The Bertz CT molecular complexity index is 1490. The van der Waals surface area contributed by atoms with Gasteiger partial charge in [0.25, 0.3) is 5.91 Å². The molecule has 7 nitrogen and oxygen atoms in total. The van der Waals surface area contributed by atoms with Gasteiger partial charge in [-0.3, -0.25) is 9.59 Å². The van der Waals surface area contributed by atoms with Crippen molar-refractivity contribution in [2.75, 3.05) is 19.0 Å². The van der Waals surface area contributed by atoms with Gasteiger partial charge in [-0.15, -0.1) is 0 Å². The Labute approximate surface area is 234 Å². The van der Waals surface area contributed by atoms with E-state index in [9.17, 15) is 9.59 Å². The number of nitrogens with one attached hydrogen (secondary N) is 1. The average molecular weight is 539 g/mol. The second-order valence-electron chi connectivity index (χ2n) is 10.9. The average Bonchev–Trinajstić information content (AvgIpc) is 3.45. The maximum Gasteiger partial charge on any atom is 0.291 e.